The number of ether oxygens (including phenoxy) is 2. The van der Waals surface area contributed by atoms with E-state index in [9.17, 15) is 4.79 Å². The highest BCUT2D eigenvalue weighted by molar-refractivity contribution is 5.81. The summed E-state index contributed by atoms with van der Waals surface area (Å²) in [7, 11) is 1.63. The quantitative estimate of drug-likeness (QED) is 0.745. The Morgan fingerprint density at radius 3 is 2.26 bits per heavy atom. The van der Waals surface area contributed by atoms with Crippen LogP contribution in [0.15, 0.2) is 48.5 Å². The Balaban J connectivity index is 2.05. The van der Waals surface area contributed by atoms with Crippen molar-refractivity contribution in [2.45, 2.75) is 58.6 Å². The molecule has 0 spiro atoms. The van der Waals surface area contributed by atoms with Crippen LogP contribution in [-0.4, -0.2) is 19.1 Å². The van der Waals surface area contributed by atoms with Gasteiger partial charge in [-0.15, -0.1) is 0 Å². The highest BCUT2D eigenvalue weighted by Crippen LogP contribution is 2.26. The summed E-state index contributed by atoms with van der Waals surface area (Å²) in [5.74, 6) is 1.34. The van der Waals surface area contributed by atoms with E-state index in [1.54, 1.807) is 7.11 Å². The Morgan fingerprint density at radius 1 is 1.07 bits per heavy atom. The Labute approximate surface area is 162 Å². The van der Waals surface area contributed by atoms with Crippen molar-refractivity contribution in [3.8, 4) is 11.5 Å². The van der Waals surface area contributed by atoms with Gasteiger partial charge in [0.25, 0.3) is 5.91 Å². The van der Waals surface area contributed by atoms with Gasteiger partial charge in [-0.2, -0.15) is 0 Å². The van der Waals surface area contributed by atoms with Crippen LogP contribution in [-0.2, 0) is 10.2 Å². The third kappa shape index (κ3) is 5.49. The fourth-order valence-corrected chi connectivity index (χ4v) is 2.93. The Morgan fingerprint density at radius 2 is 1.70 bits per heavy atom. The molecule has 0 saturated carbocycles. The zero-order chi connectivity index (χ0) is 20.0. The fourth-order valence-electron chi connectivity index (χ4n) is 2.93. The highest BCUT2D eigenvalue weighted by Gasteiger charge is 2.22. The van der Waals surface area contributed by atoms with Crippen LogP contribution in [0.3, 0.4) is 0 Å². The molecule has 2 aromatic rings. The predicted molar refractivity (Wildman–Crippen MR) is 109 cm³/mol. The van der Waals surface area contributed by atoms with Gasteiger partial charge in [0, 0.05) is 5.56 Å². The molecule has 0 fully saturated rings. The van der Waals surface area contributed by atoms with Gasteiger partial charge in [-0.25, -0.2) is 0 Å². The van der Waals surface area contributed by atoms with Gasteiger partial charge >= 0.3 is 0 Å². The summed E-state index contributed by atoms with van der Waals surface area (Å²) in [5.41, 5.74) is 2.26. The maximum absolute atomic E-state index is 12.7. The van der Waals surface area contributed by atoms with Crippen LogP contribution in [0.2, 0.25) is 0 Å². The normalized spacial score (nSPS) is 13.6. The number of methoxy groups -OCH3 is 1. The molecule has 0 aliphatic heterocycles. The standard InChI is InChI=1S/C23H31NO3/c1-7-20(27-18-14-12-17(13-15-18)23(3,4)5)22(25)24-16(2)19-10-8-9-11-21(19)26-6/h8-16,20H,7H2,1-6H3,(H,24,25)/t16-,20+/m1/s1. The van der Waals surface area contributed by atoms with Gasteiger partial charge in [0.1, 0.15) is 11.5 Å². The molecule has 0 aromatic heterocycles. The average Bonchev–Trinajstić information content (AvgIpc) is 2.65. The average molecular weight is 370 g/mol. The maximum atomic E-state index is 12.7. The molecule has 146 valence electrons. The minimum Gasteiger partial charge on any atom is -0.496 e. The second kappa shape index (κ2) is 8.94. The second-order valence-electron chi connectivity index (χ2n) is 7.76. The summed E-state index contributed by atoms with van der Waals surface area (Å²) in [6, 6.07) is 15.5. The van der Waals surface area contributed by atoms with E-state index in [1.165, 1.54) is 5.56 Å². The van der Waals surface area contributed by atoms with Gasteiger partial charge in [0.2, 0.25) is 0 Å². The van der Waals surface area contributed by atoms with E-state index in [2.05, 4.69) is 38.2 Å². The summed E-state index contributed by atoms with van der Waals surface area (Å²) in [6.07, 6.45) is 0.0496. The summed E-state index contributed by atoms with van der Waals surface area (Å²) in [5, 5.41) is 3.03. The first kappa shape index (κ1) is 20.8. The Hall–Kier alpha value is -2.49. The van der Waals surface area contributed by atoms with Crippen LogP contribution < -0.4 is 14.8 Å². The first-order chi connectivity index (χ1) is 12.8. The monoisotopic (exact) mass is 369 g/mol. The summed E-state index contributed by atoms with van der Waals surface area (Å²) >= 11 is 0. The van der Waals surface area contributed by atoms with Crippen LogP contribution in [0.5, 0.6) is 11.5 Å². The van der Waals surface area contributed by atoms with E-state index in [1.807, 2.05) is 50.2 Å². The minimum absolute atomic E-state index is 0.0875. The number of benzene rings is 2. The minimum atomic E-state index is -0.539. The molecule has 2 atom stereocenters. The predicted octanol–water partition coefficient (Wildman–Crippen LogP) is 5.03. The van der Waals surface area contributed by atoms with Crippen molar-refractivity contribution >= 4 is 5.91 Å². The topological polar surface area (TPSA) is 47.6 Å². The summed E-state index contributed by atoms with van der Waals surface area (Å²) in [6.45, 7) is 10.4. The lowest BCUT2D eigenvalue weighted by Crippen LogP contribution is -2.39. The summed E-state index contributed by atoms with van der Waals surface area (Å²) < 4.78 is 11.3. The maximum Gasteiger partial charge on any atom is 0.261 e. The molecule has 0 unspecified atom stereocenters. The van der Waals surface area contributed by atoms with Crippen molar-refractivity contribution in [2.24, 2.45) is 0 Å². The lowest BCUT2D eigenvalue weighted by atomic mass is 9.87. The molecule has 4 nitrogen and oxygen atoms in total. The SMILES string of the molecule is CC[C@H](Oc1ccc(C(C)(C)C)cc1)C(=O)N[C@H](C)c1ccccc1OC. The van der Waals surface area contributed by atoms with E-state index in [4.69, 9.17) is 9.47 Å². The van der Waals surface area contributed by atoms with Crippen LogP contribution in [0.4, 0.5) is 0 Å². The van der Waals surface area contributed by atoms with Crippen molar-refractivity contribution in [3.05, 3.63) is 59.7 Å². The molecule has 2 rings (SSSR count). The van der Waals surface area contributed by atoms with Crippen LogP contribution in [0, 0.1) is 0 Å². The lowest BCUT2D eigenvalue weighted by Gasteiger charge is -2.23. The summed E-state index contributed by atoms with van der Waals surface area (Å²) in [4.78, 5) is 12.7. The van der Waals surface area contributed by atoms with Crippen molar-refractivity contribution in [2.75, 3.05) is 7.11 Å². The molecule has 1 amide bonds. The number of amides is 1. The number of para-hydroxylation sites is 1. The van der Waals surface area contributed by atoms with E-state index >= 15 is 0 Å². The number of hydrogen-bond donors (Lipinski definition) is 1. The van der Waals surface area contributed by atoms with Gasteiger partial charge in [0.05, 0.1) is 13.2 Å². The van der Waals surface area contributed by atoms with Gasteiger partial charge in [0.15, 0.2) is 6.10 Å². The molecule has 4 heteroatoms. The van der Waals surface area contributed by atoms with Gasteiger partial charge in [-0.05, 0) is 42.5 Å². The third-order valence-electron chi connectivity index (χ3n) is 4.63. The second-order valence-corrected chi connectivity index (χ2v) is 7.76. The van der Waals surface area contributed by atoms with Crippen molar-refractivity contribution in [3.63, 3.8) is 0 Å². The number of rotatable bonds is 7. The number of hydrogen-bond acceptors (Lipinski definition) is 3. The number of carbonyl (C=O) groups excluding carboxylic acids is 1. The van der Waals surface area contributed by atoms with E-state index in [-0.39, 0.29) is 17.4 Å². The number of nitrogens with one attached hydrogen (secondary N) is 1. The van der Waals surface area contributed by atoms with Crippen molar-refractivity contribution in [1.82, 2.24) is 5.32 Å². The molecule has 0 bridgehead atoms. The van der Waals surface area contributed by atoms with E-state index in [0.29, 0.717) is 12.2 Å². The van der Waals surface area contributed by atoms with Crippen LogP contribution in [0.1, 0.15) is 58.2 Å². The third-order valence-corrected chi connectivity index (χ3v) is 4.63. The van der Waals surface area contributed by atoms with E-state index < -0.39 is 6.10 Å². The van der Waals surface area contributed by atoms with E-state index in [0.717, 1.165) is 11.3 Å². The number of carbonyl (C=O) groups is 1. The smallest absolute Gasteiger partial charge is 0.261 e. The molecule has 0 heterocycles. The largest absolute Gasteiger partial charge is 0.496 e. The fraction of sp³-hybridized carbons (Fsp3) is 0.435. The first-order valence-electron chi connectivity index (χ1n) is 9.46. The molecule has 0 aliphatic carbocycles. The molecule has 0 radical (unpaired) electrons. The molecular formula is C23H31NO3. The van der Waals surface area contributed by atoms with Crippen molar-refractivity contribution in [1.29, 1.82) is 0 Å². The Bertz CT molecular complexity index is 747. The molecular weight excluding hydrogens is 338 g/mol. The lowest BCUT2D eigenvalue weighted by molar-refractivity contribution is -0.128. The van der Waals surface area contributed by atoms with Crippen LogP contribution in [0.25, 0.3) is 0 Å². The van der Waals surface area contributed by atoms with Crippen LogP contribution >= 0.6 is 0 Å². The molecule has 2 aromatic carbocycles. The molecule has 0 saturated heterocycles. The zero-order valence-corrected chi connectivity index (χ0v) is 17.2. The van der Waals surface area contributed by atoms with Crippen molar-refractivity contribution < 1.29 is 14.3 Å². The molecule has 0 aliphatic rings. The molecule has 27 heavy (non-hydrogen) atoms. The van der Waals surface area contributed by atoms with Gasteiger partial charge < -0.3 is 14.8 Å². The highest BCUT2D eigenvalue weighted by atomic mass is 16.5. The van der Waals surface area contributed by atoms with Gasteiger partial charge in [-0.3, -0.25) is 4.79 Å². The molecule has 1 N–H and O–H groups in total. The first-order valence-corrected chi connectivity index (χ1v) is 9.46. The Kier molecular flexibility index (Phi) is 6.89. The zero-order valence-electron chi connectivity index (χ0n) is 17.2. The van der Waals surface area contributed by atoms with Gasteiger partial charge in [-0.1, -0.05) is 58.0 Å².